The number of aliphatic hydroxyl groups excluding tert-OH is 1. The molecule has 1 aliphatic rings. The smallest absolute Gasteiger partial charge is 0.326 e. The van der Waals surface area contributed by atoms with Crippen LogP contribution in [-0.4, -0.2) is 45.7 Å². The maximum absolute atomic E-state index is 13.9. The molecule has 2 rings (SSSR count). The van der Waals surface area contributed by atoms with Crippen molar-refractivity contribution in [3.05, 3.63) is 34.9 Å². The first-order valence-corrected chi connectivity index (χ1v) is 5.99. The predicted molar refractivity (Wildman–Crippen MR) is 64.2 cm³/mol. The number of carbonyl (C=O) groups excluding carboxylic acids is 1. The van der Waals surface area contributed by atoms with Gasteiger partial charge in [-0.15, -0.1) is 0 Å². The fourth-order valence-corrected chi connectivity index (χ4v) is 2.27. The SMILES string of the molecule is Cc1ccc(F)c(C(=O)N2CC(O)CC2C(=O)O)c1F. The summed E-state index contributed by atoms with van der Waals surface area (Å²) in [6.07, 6.45) is -1.17. The summed E-state index contributed by atoms with van der Waals surface area (Å²) >= 11 is 0. The largest absolute Gasteiger partial charge is 0.480 e. The van der Waals surface area contributed by atoms with Crippen LogP contribution < -0.4 is 0 Å². The van der Waals surface area contributed by atoms with Crippen LogP contribution in [0.1, 0.15) is 22.3 Å². The van der Waals surface area contributed by atoms with Crippen molar-refractivity contribution in [3.63, 3.8) is 0 Å². The lowest BCUT2D eigenvalue weighted by atomic mass is 10.1. The van der Waals surface area contributed by atoms with Crippen molar-refractivity contribution in [2.75, 3.05) is 6.54 Å². The summed E-state index contributed by atoms with van der Waals surface area (Å²) in [5.74, 6) is -4.44. The zero-order chi connectivity index (χ0) is 15.0. The van der Waals surface area contributed by atoms with E-state index in [1.165, 1.54) is 13.0 Å². The molecule has 2 N–H and O–H groups in total. The summed E-state index contributed by atoms with van der Waals surface area (Å²) in [5.41, 5.74) is -0.702. The molecular weight excluding hydrogens is 272 g/mol. The molecule has 0 aromatic heterocycles. The van der Waals surface area contributed by atoms with Gasteiger partial charge in [-0.3, -0.25) is 4.79 Å². The number of aryl methyl sites for hydroxylation is 1. The van der Waals surface area contributed by atoms with Crippen molar-refractivity contribution in [1.29, 1.82) is 0 Å². The van der Waals surface area contributed by atoms with E-state index in [1.54, 1.807) is 0 Å². The van der Waals surface area contributed by atoms with Crippen LogP contribution in [0.5, 0.6) is 0 Å². The predicted octanol–water partition coefficient (Wildman–Crippen LogP) is 0.933. The quantitative estimate of drug-likeness (QED) is 0.847. The molecule has 1 aromatic rings. The van der Waals surface area contributed by atoms with Crippen molar-refractivity contribution in [1.82, 2.24) is 4.90 Å². The lowest BCUT2D eigenvalue weighted by molar-refractivity contribution is -0.141. The molecule has 1 saturated heterocycles. The number of aliphatic hydroxyl groups is 1. The minimum Gasteiger partial charge on any atom is -0.480 e. The fourth-order valence-electron chi connectivity index (χ4n) is 2.27. The molecule has 1 aliphatic heterocycles. The second-order valence-electron chi connectivity index (χ2n) is 4.75. The average Bonchev–Trinajstić information content (AvgIpc) is 2.76. The molecule has 0 saturated carbocycles. The molecule has 0 bridgehead atoms. The number of nitrogens with zero attached hydrogens (tertiary/aromatic N) is 1. The molecule has 0 aliphatic carbocycles. The third-order valence-corrected chi connectivity index (χ3v) is 3.32. The highest BCUT2D eigenvalue weighted by atomic mass is 19.1. The summed E-state index contributed by atoms with van der Waals surface area (Å²) in [7, 11) is 0. The number of halogens is 2. The van der Waals surface area contributed by atoms with Crippen molar-refractivity contribution in [3.8, 4) is 0 Å². The molecule has 2 atom stereocenters. The van der Waals surface area contributed by atoms with E-state index in [1.807, 2.05) is 0 Å². The Morgan fingerprint density at radius 3 is 2.60 bits per heavy atom. The number of hydrogen-bond acceptors (Lipinski definition) is 3. The molecule has 0 radical (unpaired) electrons. The Morgan fingerprint density at radius 2 is 2.00 bits per heavy atom. The van der Waals surface area contributed by atoms with E-state index in [0.717, 1.165) is 11.0 Å². The first-order chi connectivity index (χ1) is 9.32. The maximum Gasteiger partial charge on any atom is 0.326 e. The summed E-state index contributed by atoms with van der Waals surface area (Å²) in [6, 6.07) is 0.861. The van der Waals surface area contributed by atoms with E-state index in [2.05, 4.69) is 0 Å². The molecule has 1 heterocycles. The number of aliphatic carboxylic acids is 1. The Kier molecular flexibility index (Phi) is 3.71. The first-order valence-electron chi connectivity index (χ1n) is 5.99. The van der Waals surface area contributed by atoms with Gasteiger partial charge in [0, 0.05) is 13.0 Å². The second-order valence-corrected chi connectivity index (χ2v) is 4.75. The number of carbonyl (C=O) groups is 2. The summed E-state index contributed by atoms with van der Waals surface area (Å²) in [5, 5.41) is 18.5. The van der Waals surface area contributed by atoms with E-state index in [0.29, 0.717) is 0 Å². The van der Waals surface area contributed by atoms with Gasteiger partial charge in [0.15, 0.2) is 0 Å². The molecule has 1 amide bonds. The summed E-state index contributed by atoms with van der Waals surface area (Å²) in [6.45, 7) is 1.11. The number of β-amino-alcohol motifs (C(OH)–C–C–N with tert-alkyl or cyclic N) is 1. The van der Waals surface area contributed by atoms with Gasteiger partial charge >= 0.3 is 5.97 Å². The highest BCUT2D eigenvalue weighted by Gasteiger charge is 2.40. The highest BCUT2D eigenvalue weighted by Crippen LogP contribution is 2.24. The van der Waals surface area contributed by atoms with Crippen LogP contribution in [0.15, 0.2) is 12.1 Å². The number of amides is 1. The average molecular weight is 285 g/mol. The second kappa shape index (κ2) is 5.16. The number of carboxylic acid groups (broad SMARTS) is 1. The van der Waals surface area contributed by atoms with Gasteiger partial charge in [0.05, 0.1) is 6.10 Å². The van der Waals surface area contributed by atoms with E-state index in [-0.39, 0.29) is 18.5 Å². The monoisotopic (exact) mass is 285 g/mol. The third kappa shape index (κ3) is 2.36. The number of carboxylic acids is 1. The molecule has 5 nitrogen and oxygen atoms in total. The molecule has 0 spiro atoms. The molecule has 2 unspecified atom stereocenters. The Morgan fingerprint density at radius 1 is 1.35 bits per heavy atom. The molecule has 20 heavy (non-hydrogen) atoms. The molecule has 1 fully saturated rings. The summed E-state index contributed by atoms with van der Waals surface area (Å²) < 4.78 is 27.6. The van der Waals surface area contributed by atoms with Gasteiger partial charge in [-0.05, 0) is 18.6 Å². The van der Waals surface area contributed by atoms with Crippen LogP contribution >= 0.6 is 0 Å². The molecule has 108 valence electrons. The highest BCUT2D eigenvalue weighted by molar-refractivity contribution is 5.97. The van der Waals surface area contributed by atoms with Crippen LogP contribution in [-0.2, 0) is 4.79 Å². The third-order valence-electron chi connectivity index (χ3n) is 3.32. The van der Waals surface area contributed by atoms with E-state index >= 15 is 0 Å². The van der Waals surface area contributed by atoms with Crippen LogP contribution in [0.4, 0.5) is 8.78 Å². The number of likely N-dealkylation sites (tertiary alicyclic amines) is 1. The van der Waals surface area contributed by atoms with Gasteiger partial charge in [-0.25, -0.2) is 13.6 Å². The zero-order valence-electron chi connectivity index (χ0n) is 10.6. The summed E-state index contributed by atoms with van der Waals surface area (Å²) in [4.78, 5) is 24.0. The van der Waals surface area contributed by atoms with Crippen molar-refractivity contribution in [2.45, 2.75) is 25.5 Å². The van der Waals surface area contributed by atoms with Gasteiger partial charge in [0.2, 0.25) is 0 Å². The van der Waals surface area contributed by atoms with Gasteiger partial charge in [0.1, 0.15) is 23.2 Å². The van der Waals surface area contributed by atoms with Crippen LogP contribution in [0.3, 0.4) is 0 Å². The Balaban J connectivity index is 2.41. The van der Waals surface area contributed by atoms with E-state index < -0.39 is 41.2 Å². The Labute approximate surface area is 113 Å². The van der Waals surface area contributed by atoms with Crippen molar-refractivity contribution >= 4 is 11.9 Å². The fraction of sp³-hybridized carbons (Fsp3) is 0.385. The zero-order valence-corrected chi connectivity index (χ0v) is 10.6. The Hall–Kier alpha value is -2.02. The van der Waals surface area contributed by atoms with Gasteiger partial charge in [0.25, 0.3) is 5.91 Å². The number of hydrogen-bond donors (Lipinski definition) is 2. The number of rotatable bonds is 2. The molecular formula is C13H13F2NO4. The van der Waals surface area contributed by atoms with E-state index in [4.69, 9.17) is 5.11 Å². The van der Waals surface area contributed by atoms with E-state index in [9.17, 15) is 23.5 Å². The van der Waals surface area contributed by atoms with Gasteiger partial charge < -0.3 is 15.1 Å². The Bertz CT molecular complexity index is 576. The van der Waals surface area contributed by atoms with Crippen LogP contribution in [0, 0.1) is 18.6 Å². The maximum atomic E-state index is 13.9. The lowest BCUT2D eigenvalue weighted by Gasteiger charge is -2.22. The van der Waals surface area contributed by atoms with Gasteiger partial charge in [-0.2, -0.15) is 0 Å². The van der Waals surface area contributed by atoms with Crippen LogP contribution in [0.2, 0.25) is 0 Å². The topological polar surface area (TPSA) is 77.8 Å². The minimum absolute atomic E-state index is 0.0846. The molecule has 1 aromatic carbocycles. The van der Waals surface area contributed by atoms with Crippen molar-refractivity contribution in [2.24, 2.45) is 0 Å². The standard InChI is InChI=1S/C13H13F2NO4/c1-6-2-3-8(14)10(11(6)15)12(18)16-5-7(17)4-9(16)13(19)20/h2-3,7,9,17H,4-5H2,1H3,(H,19,20). The number of benzene rings is 1. The first kappa shape index (κ1) is 14.4. The van der Waals surface area contributed by atoms with Gasteiger partial charge in [-0.1, -0.05) is 6.07 Å². The van der Waals surface area contributed by atoms with Crippen molar-refractivity contribution < 1.29 is 28.6 Å². The molecule has 7 heteroatoms. The minimum atomic E-state index is -1.32. The normalized spacial score (nSPS) is 22.1. The lowest BCUT2D eigenvalue weighted by Crippen LogP contribution is -2.41. The van der Waals surface area contributed by atoms with Crippen LogP contribution in [0.25, 0.3) is 0 Å².